The van der Waals surface area contributed by atoms with E-state index in [4.69, 9.17) is 9.47 Å². The fourth-order valence-corrected chi connectivity index (χ4v) is 2.48. The molecule has 0 bridgehead atoms. The van der Waals surface area contributed by atoms with Crippen LogP contribution in [0, 0.1) is 11.7 Å². The van der Waals surface area contributed by atoms with Gasteiger partial charge in [0.25, 0.3) is 0 Å². The first-order valence-corrected chi connectivity index (χ1v) is 7.02. The van der Waals surface area contributed by atoms with Crippen molar-refractivity contribution in [2.45, 2.75) is 6.42 Å². The standard InChI is InChI=1S/C17H16FNO3/c1-21-15-5-6-16-11(8-15)7-12(10-22-16)17(20)19-14-4-2-3-13(18)9-14/h2-6,8-9,12H,7,10H2,1H3,(H,19,20). The zero-order valence-electron chi connectivity index (χ0n) is 12.1. The minimum atomic E-state index is -0.382. The lowest BCUT2D eigenvalue weighted by atomic mass is 9.95. The molecule has 2 aromatic carbocycles. The Bertz CT molecular complexity index is 702. The van der Waals surface area contributed by atoms with Crippen molar-refractivity contribution in [1.29, 1.82) is 0 Å². The summed E-state index contributed by atoms with van der Waals surface area (Å²) in [5.41, 5.74) is 1.38. The highest BCUT2D eigenvalue weighted by Crippen LogP contribution is 2.31. The van der Waals surface area contributed by atoms with Crippen LogP contribution in [0.15, 0.2) is 42.5 Å². The van der Waals surface area contributed by atoms with Crippen molar-refractivity contribution in [1.82, 2.24) is 0 Å². The summed E-state index contributed by atoms with van der Waals surface area (Å²) in [6.07, 6.45) is 0.563. The summed E-state index contributed by atoms with van der Waals surface area (Å²) in [6.45, 7) is 0.306. The second-order valence-electron chi connectivity index (χ2n) is 5.19. The van der Waals surface area contributed by atoms with Gasteiger partial charge in [0.1, 0.15) is 23.9 Å². The monoisotopic (exact) mass is 301 g/mol. The summed E-state index contributed by atoms with van der Waals surface area (Å²) < 4.78 is 24.0. The molecule has 3 rings (SSSR count). The van der Waals surface area contributed by atoms with E-state index >= 15 is 0 Å². The third-order valence-electron chi connectivity index (χ3n) is 3.64. The normalized spacial score (nSPS) is 16.4. The molecule has 1 atom stereocenters. The number of halogens is 1. The first-order chi connectivity index (χ1) is 10.7. The van der Waals surface area contributed by atoms with Crippen LogP contribution in [0.2, 0.25) is 0 Å². The molecule has 22 heavy (non-hydrogen) atoms. The molecular formula is C17H16FNO3. The Morgan fingerprint density at radius 2 is 2.18 bits per heavy atom. The quantitative estimate of drug-likeness (QED) is 0.948. The number of benzene rings is 2. The third kappa shape index (κ3) is 3.03. The van der Waals surface area contributed by atoms with Gasteiger partial charge in [-0.1, -0.05) is 6.07 Å². The number of hydrogen-bond donors (Lipinski definition) is 1. The SMILES string of the molecule is COc1ccc2c(c1)CC(C(=O)Nc1cccc(F)c1)CO2. The van der Waals surface area contributed by atoms with E-state index < -0.39 is 0 Å². The maximum absolute atomic E-state index is 13.2. The van der Waals surface area contributed by atoms with Crippen LogP contribution in [0.4, 0.5) is 10.1 Å². The van der Waals surface area contributed by atoms with Gasteiger partial charge < -0.3 is 14.8 Å². The zero-order valence-corrected chi connectivity index (χ0v) is 12.1. The van der Waals surface area contributed by atoms with E-state index in [1.54, 1.807) is 19.2 Å². The van der Waals surface area contributed by atoms with Crippen LogP contribution >= 0.6 is 0 Å². The number of rotatable bonds is 3. The first-order valence-electron chi connectivity index (χ1n) is 7.02. The topological polar surface area (TPSA) is 47.6 Å². The molecule has 4 nitrogen and oxygen atoms in total. The molecule has 1 heterocycles. The Labute approximate surface area is 127 Å². The van der Waals surface area contributed by atoms with E-state index in [9.17, 15) is 9.18 Å². The van der Waals surface area contributed by atoms with Gasteiger partial charge in [-0.25, -0.2) is 4.39 Å². The highest BCUT2D eigenvalue weighted by atomic mass is 19.1. The minimum absolute atomic E-state index is 0.181. The average Bonchev–Trinajstić information content (AvgIpc) is 2.53. The van der Waals surface area contributed by atoms with Crippen LogP contribution in [0.3, 0.4) is 0 Å². The number of fused-ring (bicyclic) bond motifs is 1. The summed E-state index contributed by atoms with van der Waals surface area (Å²) in [5, 5.41) is 2.72. The van der Waals surface area contributed by atoms with Crippen molar-refractivity contribution in [3.8, 4) is 11.5 Å². The first kappa shape index (κ1) is 14.4. The van der Waals surface area contributed by atoms with Crippen LogP contribution in [-0.2, 0) is 11.2 Å². The molecule has 0 fully saturated rings. The molecule has 1 amide bonds. The molecular weight excluding hydrogens is 285 g/mol. The molecule has 0 aliphatic carbocycles. The van der Waals surface area contributed by atoms with Gasteiger partial charge in [-0.3, -0.25) is 4.79 Å². The Hall–Kier alpha value is -2.56. The maximum Gasteiger partial charge on any atom is 0.231 e. The van der Waals surface area contributed by atoms with Gasteiger partial charge in [-0.05, 0) is 48.4 Å². The highest BCUT2D eigenvalue weighted by molar-refractivity contribution is 5.93. The maximum atomic E-state index is 13.2. The number of anilines is 1. The number of carbonyl (C=O) groups is 1. The van der Waals surface area contributed by atoms with Gasteiger partial charge in [0.05, 0.1) is 13.0 Å². The van der Waals surface area contributed by atoms with Crippen molar-refractivity contribution >= 4 is 11.6 Å². The van der Waals surface area contributed by atoms with E-state index in [1.807, 2.05) is 18.2 Å². The number of methoxy groups -OCH3 is 1. The second-order valence-corrected chi connectivity index (χ2v) is 5.19. The predicted octanol–water partition coefficient (Wildman–Crippen LogP) is 3.02. The van der Waals surface area contributed by atoms with E-state index in [0.29, 0.717) is 18.7 Å². The number of ether oxygens (including phenoxy) is 2. The van der Waals surface area contributed by atoms with Crippen LogP contribution in [0.5, 0.6) is 11.5 Å². The number of carbonyl (C=O) groups excluding carboxylic acids is 1. The van der Waals surface area contributed by atoms with Crippen LogP contribution < -0.4 is 14.8 Å². The van der Waals surface area contributed by atoms with E-state index in [0.717, 1.165) is 17.1 Å². The molecule has 1 aliphatic heterocycles. The van der Waals surface area contributed by atoms with Crippen LogP contribution in [0.1, 0.15) is 5.56 Å². The smallest absolute Gasteiger partial charge is 0.231 e. The van der Waals surface area contributed by atoms with Crippen molar-refractivity contribution < 1.29 is 18.7 Å². The van der Waals surface area contributed by atoms with Crippen molar-refractivity contribution in [3.05, 3.63) is 53.8 Å². The van der Waals surface area contributed by atoms with Gasteiger partial charge in [-0.15, -0.1) is 0 Å². The summed E-state index contributed by atoms with van der Waals surface area (Å²) in [7, 11) is 1.60. The highest BCUT2D eigenvalue weighted by Gasteiger charge is 2.26. The number of amides is 1. The van der Waals surface area contributed by atoms with Crippen LogP contribution in [0.25, 0.3) is 0 Å². The van der Waals surface area contributed by atoms with E-state index in [2.05, 4.69) is 5.32 Å². The van der Waals surface area contributed by atoms with Gasteiger partial charge in [-0.2, -0.15) is 0 Å². The minimum Gasteiger partial charge on any atom is -0.497 e. The molecule has 0 spiro atoms. The van der Waals surface area contributed by atoms with Crippen molar-refractivity contribution in [2.24, 2.45) is 5.92 Å². The lowest BCUT2D eigenvalue weighted by molar-refractivity contribution is -0.121. The Kier molecular flexibility index (Phi) is 3.96. The Balaban J connectivity index is 1.72. The second kappa shape index (κ2) is 6.05. The largest absolute Gasteiger partial charge is 0.497 e. The number of hydrogen-bond acceptors (Lipinski definition) is 3. The molecule has 1 aliphatic rings. The lowest BCUT2D eigenvalue weighted by Gasteiger charge is -2.25. The third-order valence-corrected chi connectivity index (χ3v) is 3.64. The van der Waals surface area contributed by atoms with Gasteiger partial charge in [0.2, 0.25) is 5.91 Å². The molecule has 114 valence electrons. The number of nitrogens with one attached hydrogen (secondary N) is 1. The fraction of sp³-hybridized carbons (Fsp3) is 0.235. The fourth-order valence-electron chi connectivity index (χ4n) is 2.48. The average molecular weight is 301 g/mol. The molecule has 1 N–H and O–H groups in total. The summed E-state index contributed by atoms with van der Waals surface area (Å²) >= 11 is 0. The molecule has 2 aromatic rings. The molecule has 5 heteroatoms. The van der Waals surface area contributed by atoms with E-state index in [-0.39, 0.29) is 17.6 Å². The Morgan fingerprint density at radius 1 is 1.32 bits per heavy atom. The molecule has 0 aromatic heterocycles. The molecule has 0 saturated heterocycles. The van der Waals surface area contributed by atoms with Crippen molar-refractivity contribution in [2.75, 3.05) is 19.0 Å². The van der Waals surface area contributed by atoms with Gasteiger partial charge in [0.15, 0.2) is 0 Å². The molecule has 0 radical (unpaired) electrons. The van der Waals surface area contributed by atoms with Crippen LogP contribution in [-0.4, -0.2) is 19.6 Å². The van der Waals surface area contributed by atoms with Gasteiger partial charge in [0, 0.05) is 5.69 Å². The van der Waals surface area contributed by atoms with E-state index in [1.165, 1.54) is 12.1 Å². The summed E-state index contributed by atoms with van der Waals surface area (Å²) in [6, 6.07) is 11.4. The lowest BCUT2D eigenvalue weighted by Crippen LogP contribution is -2.32. The Morgan fingerprint density at radius 3 is 2.95 bits per heavy atom. The van der Waals surface area contributed by atoms with Crippen molar-refractivity contribution in [3.63, 3.8) is 0 Å². The zero-order chi connectivity index (χ0) is 15.5. The van der Waals surface area contributed by atoms with Gasteiger partial charge >= 0.3 is 0 Å². The summed E-state index contributed by atoms with van der Waals surface area (Å²) in [5.74, 6) is 0.624. The molecule has 1 unspecified atom stereocenters. The predicted molar refractivity (Wildman–Crippen MR) is 80.7 cm³/mol. The molecule has 0 saturated carbocycles. The summed E-state index contributed by atoms with van der Waals surface area (Å²) in [4.78, 5) is 12.3.